The third-order valence-electron chi connectivity index (χ3n) is 2.74. The van der Waals surface area contributed by atoms with Gasteiger partial charge in [0.25, 0.3) is 0 Å². The second-order valence-electron chi connectivity index (χ2n) is 4.30. The molecule has 0 aliphatic heterocycles. The summed E-state index contributed by atoms with van der Waals surface area (Å²) in [5.41, 5.74) is 1.19. The van der Waals surface area contributed by atoms with Gasteiger partial charge in [-0.1, -0.05) is 33.6 Å². The maximum absolute atomic E-state index is 6.00. The van der Waals surface area contributed by atoms with E-state index in [0.717, 1.165) is 22.5 Å². The molecule has 96 valence electrons. The molecule has 0 saturated heterocycles. The van der Waals surface area contributed by atoms with Gasteiger partial charge in [-0.05, 0) is 48.6 Å². The molecule has 1 nitrogen and oxygen atoms in total. The van der Waals surface area contributed by atoms with E-state index in [9.17, 15) is 0 Å². The first-order valence-corrected chi connectivity index (χ1v) is 7.90. The van der Waals surface area contributed by atoms with Crippen LogP contribution in [0.25, 0.3) is 0 Å². The molecule has 1 N–H and O–H groups in total. The quantitative estimate of drug-likeness (QED) is 0.814. The van der Waals surface area contributed by atoms with Crippen LogP contribution in [0.1, 0.15) is 17.4 Å². The van der Waals surface area contributed by atoms with E-state index in [4.69, 9.17) is 11.6 Å². The fourth-order valence-electron chi connectivity index (χ4n) is 1.77. The van der Waals surface area contributed by atoms with Gasteiger partial charge in [0, 0.05) is 27.0 Å². The van der Waals surface area contributed by atoms with Crippen molar-refractivity contribution in [1.29, 1.82) is 0 Å². The summed E-state index contributed by atoms with van der Waals surface area (Å²) in [5, 5.41) is 6.42. The van der Waals surface area contributed by atoms with Crippen LogP contribution in [0, 0.1) is 0 Å². The molecule has 0 bridgehead atoms. The number of hydrogen-bond donors (Lipinski definition) is 1. The zero-order valence-corrected chi connectivity index (χ0v) is 13.3. The molecule has 1 atom stereocenters. The molecule has 2 aromatic rings. The van der Waals surface area contributed by atoms with E-state index in [2.05, 4.69) is 45.7 Å². The van der Waals surface area contributed by atoms with Crippen molar-refractivity contribution in [3.63, 3.8) is 0 Å². The lowest BCUT2D eigenvalue weighted by atomic mass is 10.1. The van der Waals surface area contributed by atoms with E-state index in [1.165, 1.54) is 10.4 Å². The number of nitrogens with one attached hydrogen (secondary N) is 1. The lowest BCUT2D eigenvalue weighted by Crippen LogP contribution is -2.27. The molecule has 2 rings (SSSR count). The number of halogens is 2. The van der Waals surface area contributed by atoms with Crippen molar-refractivity contribution in [2.24, 2.45) is 0 Å². The Morgan fingerprint density at radius 2 is 2.22 bits per heavy atom. The van der Waals surface area contributed by atoms with Crippen LogP contribution in [0.3, 0.4) is 0 Å². The van der Waals surface area contributed by atoms with Crippen molar-refractivity contribution in [3.05, 3.63) is 55.6 Å². The van der Waals surface area contributed by atoms with Gasteiger partial charge < -0.3 is 5.32 Å². The molecule has 1 aromatic heterocycles. The lowest BCUT2D eigenvalue weighted by Gasteiger charge is -2.14. The van der Waals surface area contributed by atoms with Crippen LogP contribution in [0.15, 0.2) is 40.2 Å². The molecule has 0 aliphatic rings. The number of rotatable bonds is 5. The second-order valence-corrected chi connectivity index (χ2v) is 6.62. The molecule has 1 aromatic carbocycles. The van der Waals surface area contributed by atoms with Gasteiger partial charge in [0.1, 0.15) is 0 Å². The third kappa shape index (κ3) is 4.09. The van der Waals surface area contributed by atoms with Gasteiger partial charge >= 0.3 is 0 Å². The first kappa shape index (κ1) is 14.1. The van der Waals surface area contributed by atoms with E-state index in [1.54, 1.807) is 0 Å². The van der Waals surface area contributed by atoms with Crippen molar-refractivity contribution < 1.29 is 0 Å². The van der Waals surface area contributed by atoms with Gasteiger partial charge in [0.15, 0.2) is 0 Å². The van der Waals surface area contributed by atoms with Gasteiger partial charge in [-0.25, -0.2) is 0 Å². The van der Waals surface area contributed by atoms with Gasteiger partial charge in [-0.15, -0.1) is 11.3 Å². The molecule has 1 heterocycles. The SMILES string of the molecule is CC(Cc1cccs1)NCc1cc(Cl)ccc1Br. The minimum absolute atomic E-state index is 0.453. The minimum Gasteiger partial charge on any atom is -0.310 e. The summed E-state index contributed by atoms with van der Waals surface area (Å²) in [6, 6.07) is 10.6. The Bertz CT molecular complexity index is 499. The number of benzene rings is 1. The highest BCUT2D eigenvalue weighted by atomic mass is 79.9. The zero-order chi connectivity index (χ0) is 13.0. The highest BCUT2D eigenvalue weighted by Crippen LogP contribution is 2.21. The van der Waals surface area contributed by atoms with Gasteiger partial charge in [0.05, 0.1) is 0 Å². The molecule has 1 unspecified atom stereocenters. The van der Waals surface area contributed by atoms with E-state index < -0.39 is 0 Å². The Hall–Kier alpha value is -0.350. The summed E-state index contributed by atoms with van der Waals surface area (Å²) in [7, 11) is 0. The minimum atomic E-state index is 0.453. The van der Waals surface area contributed by atoms with Crippen LogP contribution in [-0.4, -0.2) is 6.04 Å². The van der Waals surface area contributed by atoms with E-state index in [-0.39, 0.29) is 0 Å². The van der Waals surface area contributed by atoms with Crippen molar-refractivity contribution in [3.8, 4) is 0 Å². The van der Waals surface area contributed by atoms with Crippen LogP contribution in [0.5, 0.6) is 0 Å². The van der Waals surface area contributed by atoms with Crippen molar-refractivity contribution in [2.75, 3.05) is 0 Å². The zero-order valence-electron chi connectivity index (χ0n) is 10.1. The molecular weight excluding hydrogens is 330 g/mol. The molecular formula is C14H15BrClNS. The maximum Gasteiger partial charge on any atom is 0.0410 e. The van der Waals surface area contributed by atoms with E-state index >= 15 is 0 Å². The standard InChI is InChI=1S/C14H15BrClNS/c1-10(7-13-3-2-6-18-13)17-9-11-8-12(16)4-5-14(11)15/h2-6,8,10,17H,7,9H2,1H3. The first-order chi connectivity index (χ1) is 8.65. The Labute approximate surface area is 125 Å². The average Bonchev–Trinajstić information content (AvgIpc) is 2.83. The normalized spacial score (nSPS) is 12.6. The van der Waals surface area contributed by atoms with Gasteiger partial charge in [0.2, 0.25) is 0 Å². The molecule has 0 spiro atoms. The Balaban J connectivity index is 1.89. The molecule has 4 heteroatoms. The Kier molecular flexibility index (Phi) is 5.25. The molecule has 18 heavy (non-hydrogen) atoms. The first-order valence-electron chi connectivity index (χ1n) is 5.85. The predicted octanol–water partition coefficient (Wildman–Crippen LogP) is 4.88. The highest BCUT2D eigenvalue weighted by Gasteiger charge is 2.06. The van der Waals surface area contributed by atoms with Gasteiger partial charge in [-0.2, -0.15) is 0 Å². The highest BCUT2D eigenvalue weighted by molar-refractivity contribution is 9.10. The fourth-order valence-corrected chi connectivity index (χ4v) is 3.18. The Morgan fingerprint density at radius 3 is 2.94 bits per heavy atom. The van der Waals surface area contributed by atoms with Crippen LogP contribution < -0.4 is 5.32 Å². The van der Waals surface area contributed by atoms with Crippen LogP contribution in [0.2, 0.25) is 5.02 Å². The maximum atomic E-state index is 6.00. The average molecular weight is 345 g/mol. The smallest absolute Gasteiger partial charge is 0.0410 e. The second kappa shape index (κ2) is 6.71. The largest absolute Gasteiger partial charge is 0.310 e. The van der Waals surface area contributed by atoms with Crippen molar-refractivity contribution in [1.82, 2.24) is 5.32 Å². The van der Waals surface area contributed by atoms with E-state index in [1.807, 2.05) is 29.5 Å². The monoisotopic (exact) mass is 343 g/mol. The van der Waals surface area contributed by atoms with Crippen molar-refractivity contribution >= 4 is 38.9 Å². The van der Waals surface area contributed by atoms with Crippen LogP contribution >= 0.6 is 38.9 Å². The van der Waals surface area contributed by atoms with Gasteiger partial charge in [-0.3, -0.25) is 0 Å². The molecule has 0 saturated carbocycles. The third-order valence-corrected chi connectivity index (χ3v) is 4.64. The summed E-state index contributed by atoms with van der Waals surface area (Å²) in [5.74, 6) is 0. The van der Waals surface area contributed by atoms with E-state index in [0.29, 0.717) is 6.04 Å². The summed E-state index contributed by atoms with van der Waals surface area (Å²) in [4.78, 5) is 1.42. The number of hydrogen-bond acceptors (Lipinski definition) is 2. The summed E-state index contributed by atoms with van der Waals surface area (Å²) >= 11 is 11.4. The lowest BCUT2D eigenvalue weighted by molar-refractivity contribution is 0.548. The fraction of sp³-hybridized carbons (Fsp3) is 0.286. The van der Waals surface area contributed by atoms with Crippen LogP contribution in [0.4, 0.5) is 0 Å². The van der Waals surface area contributed by atoms with Crippen LogP contribution in [-0.2, 0) is 13.0 Å². The molecule has 0 amide bonds. The summed E-state index contributed by atoms with van der Waals surface area (Å²) in [6.07, 6.45) is 1.07. The summed E-state index contributed by atoms with van der Waals surface area (Å²) < 4.78 is 1.10. The van der Waals surface area contributed by atoms with Crippen molar-refractivity contribution in [2.45, 2.75) is 25.9 Å². The summed E-state index contributed by atoms with van der Waals surface area (Å²) in [6.45, 7) is 3.03. The molecule has 0 fully saturated rings. The molecule has 0 radical (unpaired) electrons. The predicted molar refractivity (Wildman–Crippen MR) is 83.5 cm³/mol. The number of thiophene rings is 1. The Morgan fingerprint density at radius 1 is 1.39 bits per heavy atom. The topological polar surface area (TPSA) is 12.0 Å². The molecule has 0 aliphatic carbocycles.